The van der Waals surface area contributed by atoms with Gasteiger partial charge in [-0.2, -0.15) is 0 Å². The quantitative estimate of drug-likeness (QED) is 0.604. The van der Waals surface area contributed by atoms with Crippen molar-refractivity contribution in [3.8, 4) is 0 Å². The minimum atomic E-state index is -0.440. The normalized spacial score (nSPS) is 26.6. The maximum absolute atomic E-state index is 14.7. The molecule has 2 nitrogen and oxygen atoms in total. The summed E-state index contributed by atoms with van der Waals surface area (Å²) in [4.78, 5) is 12.9. The average Bonchev–Trinajstić information content (AvgIpc) is 3.19. The average molecular weight is 386 g/mol. The summed E-state index contributed by atoms with van der Waals surface area (Å²) >= 11 is 12.5. The minimum absolute atomic E-state index is 0.0172. The van der Waals surface area contributed by atoms with E-state index in [4.69, 9.17) is 23.2 Å². The van der Waals surface area contributed by atoms with Crippen LogP contribution in [-0.4, -0.2) is 5.91 Å². The molecule has 2 fully saturated rings. The number of benzene rings is 1. The van der Waals surface area contributed by atoms with Crippen LogP contribution in [0.1, 0.15) is 70.4 Å². The molecule has 5 heteroatoms. The molecule has 1 N–H and O–H groups in total. The molecule has 0 radical (unpaired) electrons. The summed E-state index contributed by atoms with van der Waals surface area (Å²) in [6.07, 6.45) is 6.95. The summed E-state index contributed by atoms with van der Waals surface area (Å²) < 4.78 is 14.7. The van der Waals surface area contributed by atoms with Crippen LogP contribution in [0, 0.1) is 23.1 Å². The van der Waals surface area contributed by atoms with Crippen molar-refractivity contribution in [3.05, 3.63) is 33.6 Å². The molecule has 0 aromatic heterocycles. The highest BCUT2D eigenvalue weighted by Gasteiger charge is 2.42. The van der Waals surface area contributed by atoms with E-state index in [0.29, 0.717) is 16.5 Å². The van der Waals surface area contributed by atoms with Gasteiger partial charge in [0.15, 0.2) is 0 Å². The van der Waals surface area contributed by atoms with Crippen molar-refractivity contribution in [2.75, 3.05) is 0 Å². The molecule has 0 unspecified atom stereocenters. The molecule has 0 aliphatic heterocycles. The second-order valence-electron chi connectivity index (χ2n) is 8.17. The van der Waals surface area contributed by atoms with Crippen molar-refractivity contribution in [1.29, 1.82) is 0 Å². The number of carbonyl (C=O) groups is 1. The van der Waals surface area contributed by atoms with Crippen molar-refractivity contribution in [3.63, 3.8) is 0 Å². The summed E-state index contributed by atoms with van der Waals surface area (Å²) in [6.45, 7) is 4.30. The minimum Gasteiger partial charge on any atom is -0.348 e. The van der Waals surface area contributed by atoms with Gasteiger partial charge in [-0.15, -0.1) is 0 Å². The number of hydrogen-bond donors (Lipinski definition) is 1. The van der Waals surface area contributed by atoms with E-state index in [2.05, 4.69) is 19.2 Å². The lowest BCUT2D eigenvalue weighted by atomic mass is 9.76. The SMILES string of the molecule is C[C@@H]1CC[C@@H](C(=O)N[C@H](c2c(F)ccc(Cl)c2Cl)C2(C)CCCC2)C1. The van der Waals surface area contributed by atoms with Crippen molar-refractivity contribution in [2.45, 2.75) is 64.8 Å². The smallest absolute Gasteiger partial charge is 0.223 e. The maximum atomic E-state index is 14.7. The lowest BCUT2D eigenvalue weighted by molar-refractivity contribution is -0.126. The highest BCUT2D eigenvalue weighted by Crippen LogP contribution is 2.50. The van der Waals surface area contributed by atoms with Gasteiger partial charge in [0.05, 0.1) is 16.1 Å². The molecule has 1 aromatic carbocycles. The number of halogens is 3. The number of rotatable bonds is 4. The Morgan fingerprint density at radius 2 is 1.96 bits per heavy atom. The Labute approximate surface area is 159 Å². The van der Waals surface area contributed by atoms with Gasteiger partial charge >= 0.3 is 0 Å². The van der Waals surface area contributed by atoms with Crippen LogP contribution in [0.15, 0.2) is 12.1 Å². The van der Waals surface area contributed by atoms with Crippen LogP contribution in [0.5, 0.6) is 0 Å². The molecule has 0 bridgehead atoms. The zero-order valence-corrected chi connectivity index (χ0v) is 16.4. The summed E-state index contributed by atoms with van der Waals surface area (Å²) in [5, 5.41) is 3.71. The summed E-state index contributed by atoms with van der Waals surface area (Å²) in [5.41, 5.74) is 0.146. The Kier molecular flexibility index (Phi) is 5.65. The van der Waals surface area contributed by atoms with Crippen molar-refractivity contribution >= 4 is 29.1 Å². The maximum Gasteiger partial charge on any atom is 0.223 e. The first-order chi connectivity index (χ1) is 11.8. The van der Waals surface area contributed by atoms with Crippen LogP contribution in [0.25, 0.3) is 0 Å². The largest absolute Gasteiger partial charge is 0.348 e. The molecular formula is C20H26Cl2FNO. The zero-order chi connectivity index (χ0) is 18.2. The van der Waals surface area contributed by atoms with Crippen molar-refractivity contribution in [2.24, 2.45) is 17.3 Å². The van der Waals surface area contributed by atoms with Gasteiger partial charge in [-0.25, -0.2) is 4.39 Å². The summed E-state index contributed by atoms with van der Waals surface area (Å²) in [7, 11) is 0. The fourth-order valence-electron chi connectivity index (χ4n) is 4.58. The van der Waals surface area contributed by atoms with E-state index in [9.17, 15) is 9.18 Å². The van der Waals surface area contributed by atoms with Crippen LogP contribution in [0.4, 0.5) is 4.39 Å². The van der Waals surface area contributed by atoms with Crippen LogP contribution in [0.2, 0.25) is 10.0 Å². The first kappa shape index (κ1) is 19.0. The predicted octanol–water partition coefficient (Wildman–Crippen LogP) is 6.31. The number of carbonyl (C=O) groups excluding carboxylic acids is 1. The van der Waals surface area contributed by atoms with Gasteiger partial charge in [0.25, 0.3) is 0 Å². The van der Waals surface area contributed by atoms with Crippen molar-refractivity contribution < 1.29 is 9.18 Å². The van der Waals surface area contributed by atoms with Crippen LogP contribution in [0.3, 0.4) is 0 Å². The molecule has 0 heterocycles. The van der Waals surface area contributed by atoms with Gasteiger partial charge in [0, 0.05) is 11.5 Å². The predicted molar refractivity (Wildman–Crippen MR) is 100 cm³/mol. The van der Waals surface area contributed by atoms with Gasteiger partial charge in [-0.1, -0.05) is 49.9 Å². The molecule has 2 aliphatic rings. The Hall–Kier alpha value is -0.800. The van der Waals surface area contributed by atoms with Crippen LogP contribution >= 0.6 is 23.2 Å². The van der Waals surface area contributed by atoms with E-state index < -0.39 is 11.9 Å². The van der Waals surface area contributed by atoms with E-state index in [0.717, 1.165) is 44.9 Å². The molecule has 2 aliphatic carbocycles. The molecule has 1 amide bonds. The van der Waals surface area contributed by atoms with E-state index in [-0.39, 0.29) is 22.3 Å². The summed E-state index contributed by atoms with van der Waals surface area (Å²) in [5.74, 6) is 0.219. The van der Waals surface area contributed by atoms with Gasteiger partial charge in [0.1, 0.15) is 5.82 Å². The molecule has 25 heavy (non-hydrogen) atoms. The third-order valence-corrected chi connectivity index (χ3v) is 6.98. The topological polar surface area (TPSA) is 29.1 Å². The van der Waals surface area contributed by atoms with E-state index in [1.807, 2.05) is 0 Å². The first-order valence-corrected chi connectivity index (χ1v) is 10.0. The highest BCUT2D eigenvalue weighted by atomic mass is 35.5. The van der Waals surface area contributed by atoms with E-state index >= 15 is 0 Å². The number of hydrogen-bond acceptors (Lipinski definition) is 1. The Morgan fingerprint density at radius 3 is 2.56 bits per heavy atom. The molecule has 0 spiro atoms. The Morgan fingerprint density at radius 1 is 1.28 bits per heavy atom. The van der Waals surface area contributed by atoms with Crippen LogP contribution < -0.4 is 5.32 Å². The highest BCUT2D eigenvalue weighted by molar-refractivity contribution is 6.42. The van der Waals surface area contributed by atoms with Crippen LogP contribution in [-0.2, 0) is 4.79 Å². The Balaban J connectivity index is 1.94. The molecular weight excluding hydrogens is 360 g/mol. The fourth-order valence-corrected chi connectivity index (χ4v) is 5.01. The molecule has 3 rings (SSSR count). The lowest BCUT2D eigenvalue weighted by Gasteiger charge is -2.36. The molecule has 138 valence electrons. The van der Waals surface area contributed by atoms with E-state index in [1.165, 1.54) is 12.1 Å². The fraction of sp³-hybridized carbons (Fsp3) is 0.650. The van der Waals surface area contributed by atoms with Gasteiger partial charge in [0.2, 0.25) is 5.91 Å². The van der Waals surface area contributed by atoms with E-state index in [1.54, 1.807) is 0 Å². The van der Waals surface area contributed by atoms with Gasteiger partial charge in [-0.3, -0.25) is 4.79 Å². The van der Waals surface area contributed by atoms with Gasteiger partial charge < -0.3 is 5.32 Å². The monoisotopic (exact) mass is 385 g/mol. The Bertz CT molecular complexity index is 657. The number of amides is 1. The molecule has 0 saturated heterocycles. The lowest BCUT2D eigenvalue weighted by Crippen LogP contribution is -2.41. The van der Waals surface area contributed by atoms with Gasteiger partial charge in [-0.05, 0) is 55.6 Å². The first-order valence-electron chi connectivity index (χ1n) is 9.25. The molecule has 1 aromatic rings. The molecule has 2 saturated carbocycles. The zero-order valence-electron chi connectivity index (χ0n) is 14.9. The summed E-state index contributed by atoms with van der Waals surface area (Å²) in [6, 6.07) is 2.38. The molecule has 3 atom stereocenters. The second kappa shape index (κ2) is 7.44. The third-order valence-electron chi connectivity index (χ3n) is 6.16. The standard InChI is InChI=1S/C20H26Cl2FNO/c1-12-5-6-13(11-12)19(25)24-18(20(2)9-3-4-10-20)16-15(23)8-7-14(21)17(16)22/h7-8,12-13,18H,3-6,9-11H2,1-2H3,(H,24,25)/t12-,13-,18-/m1/s1. The third kappa shape index (κ3) is 3.83. The van der Waals surface area contributed by atoms with Crippen molar-refractivity contribution in [1.82, 2.24) is 5.32 Å². The second-order valence-corrected chi connectivity index (χ2v) is 8.96. The number of nitrogens with one attached hydrogen (secondary N) is 1.